The fourth-order valence-electron chi connectivity index (χ4n) is 1.20. The predicted octanol–water partition coefficient (Wildman–Crippen LogP) is 1.57. The van der Waals surface area contributed by atoms with Gasteiger partial charge in [-0.05, 0) is 18.6 Å². The Balaban J connectivity index is 2.72. The van der Waals surface area contributed by atoms with E-state index in [1.165, 1.54) is 6.07 Å². The molecule has 15 heavy (non-hydrogen) atoms. The zero-order chi connectivity index (χ0) is 11.3. The third-order valence-corrected chi connectivity index (χ3v) is 2.16. The number of para-hydroxylation sites is 1. The van der Waals surface area contributed by atoms with Crippen LogP contribution in [0.25, 0.3) is 0 Å². The first-order valence-electron chi connectivity index (χ1n) is 4.89. The standard InChI is InChI=1S/C11H15NO3/c1-2-8(13)7-12-10-6-4-3-5-9(10)11(14)15/h3-6,8,12-13H,2,7H2,1H3,(H,14,15). The van der Waals surface area contributed by atoms with Crippen molar-refractivity contribution >= 4 is 11.7 Å². The maximum atomic E-state index is 10.8. The molecule has 1 unspecified atom stereocenters. The Morgan fingerprint density at radius 2 is 2.13 bits per heavy atom. The van der Waals surface area contributed by atoms with Crippen molar-refractivity contribution in [3.05, 3.63) is 29.8 Å². The summed E-state index contributed by atoms with van der Waals surface area (Å²) in [5.74, 6) is -0.968. The van der Waals surface area contributed by atoms with E-state index >= 15 is 0 Å². The normalized spacial score (nSPS) is 12.1. The number of aliphatic hydroxyl groups is 1. The zero-order valence-electron chi connectivity index (χ0n) is 8.60. The van der Waals surface area contributed by atoms with Gasteiger partial charge in [-0.15, -0.1) is 0 Å². The Bertz CT molecular complexity index is 338. The number of aliphatic hydroxyl groups excluding tert-OH is 1. The number of aromatic carboxylic acids is 1. The highest BCUT2D eigenvalue weighted by Gasteiger charge is 2.09. The molecule has 1 atom stereocenters. The van der Waals surface area contributed by atoms with Crippen LogP contribution in [0.15, 0.2) is 24.3 Å². The second-order valence-corrected chi connectivity index (χ2v) is 3.29. The number of carboxylic acid groups (broad SMARTS) is 1. The van der Waals surface area contributed by atoms with Crippen LogP contribution in [0.5, 0.6) is 0 Å². The van der Waals surface area contributed by atoms with Gasteiger partial charge in [0, 0.05) is 12.2 Å². The van der Waals surface area contributed by atoms with E-state index < -0.39 is 12.1 Å². The monoisotopic (exact) mass is 209 g/mol. The van der Waals surface area contributed by atoms with Crippen molar-refractivity contribution in [3.8, 4) is 0 Å². The molecule has 4 heteroatoms. The minimum atomic E-state index is -0.968. The second-order valence-electron chi connectivity index (χ2n) is 3.29. The van der Waals surface area contributed by atoms with Crippen LogP contribution in [0.1, 0.15) is 23.7 Å². The number of benzene rings is 1. The molecule has 0 amide bonds. The van der Waals surface area contributed by atoms with E-state index in [1.807, 2.05) is 6.92 Å². The highest BCUT2D eigenvalue weighted by Crippen LogP contribution is 2.14. The van der Waals surface area contributed by atoms with E-state index in [9.17, 15) is 9.90 Å². The van der Waals surface area contributed by atoms with Crippen molar-refractivity contribution in [2.24, 2.45) is 0 Å². The second kappa shape index (κ2) is 5.36. The molecule has 1 aromatic carbocycles. The van der Waals surface area contributed by atoms with Gasteiger partial charge in [0.05, 0.1) is 11.7 Å². The topological polar surface area (TPSA) is 69.6 Å². The molecular formula is C11H15NO3. The number of hydrogen-bond donors (Lipinski definition) is 3. The number of hydrogen-bond acceptors (Lipinski definition) is 3. The van der Waals surface area contributed by atoms with Crippen molar-refractivity contribution in [2.75, 3.05) is 11.9 Å². The number of carbonyl (C=O) groups is 1. The lowest BCUT2D eigenvalue weighted by atomic mass is 10.1. The zero-order valence-corrected chi connectivity index (χ0v) is 8.60. The van der Waals surface area contributed by atoms with Crippen LogP contribution in [0.2, 0.25) is 0 Å². The van der Waals surface area contributed by atoms with E-state index in [1.54, 1.807) is 18.2 Å². The van der Waals surface area contributed by atoms with Crippen LogP contribution >= 0.6 is 0 Å². The fourth-order valence-corrected chi connectivity index (χ4v) is 1.20. The first-order valence-corrected chi connectivity index (χ1v) is 4.89. The van der Waals surface area contributed by atoms with Crippen LogP contribution < -0.4 is 5.32 Å². The predicted molar refractivity (Wildman–Crippen MR) is 58.2 cm³/mol. The largest absolute Gasteiger partial charge is 0.478 e. The molecule has 0 saturated heterocycles. The highest BCUT2D eigenvalue weighted by molar-refractivity contribution is 5.94. The van der Waals surface area contributed by atoms with Crippen molar-refractivity contribution in [1.82, 2.24) is 0 Å². The van der Waals surface area contributed by atoms with E-state index in [2.05, 4.69) is 5.32 Å². The molecule has 4 nitrogen and oxygen atoms in total. The average Bonchev–Trinajstić information content (AvgIpc) is 2.26. The minimum absolute atomic E-state index is 0.223. The average molecular weight is 209 g/mol. The molecule has 0 radical (unpaired) electrons. The number of carboxylic acids is 1. The third-order valence-electron chi connectivity index (χ3n) is 2.16. The maximum Gasteiger partial charge on any atom is 0.337 e. The van der Waals surface area contributed by atoms with Crippen LogP contribution in [0.3, 0.4) is 0 Å². The molecule has 1 rings (SSSR count). The smallest absolute Gasteiger partial charge is 0.337 e. The molecule has 1 aromatic rings. The molecule has 0 aliphatic rings. The lowest BCUT2D eigenvalue weighted by Gasteiger charge is -2.12. The first-order chi connectivity index (χ1) is 7.15. The summed E-state index contributed by atoms with van der Waals surface area (Å²) in [5.41, 5.74) is 0.762. The van der Waals surface area contributed by atoms with Gasteiger partial charge in [0.1, 0.15) is 0 Å². The molecule has 0 fully saturated rings. The lowest BCUT2D eigenvalue weighted by molar-refractivity contribution is 0.0697. The Morgan fingerprint density at radius 3 is 2.73 bits per heavy atom. The lowest BCUT2D eigenvalue weighted by Crippen LogP contribution is -2.19. The molecule has 0 saturated carbocycles. The maximum absolute atomic E-state index is 10.8. The van der Waals surface area contributed by atoms with Gasteiger partial charge in [-0.1, -0.05) is 19.1 Å². The molecule has 0 aliphatic carbocycles. The Hall–Kier alpha value is -1.55. The van der Waals surface area contributed by atoms with E-state index in [-0.39, 0.29) is 5.56 Å². The Labute approximate surface area is 88.6 Å². The Morgan fingerprint density at radius 1 is 1.47 bits per heavy atom. The number of nitrogens with one attached hydrogen (secondary N) is 1. The van der Waals surface area contributed by atoms with Gasteiger partial charge in [0.15, 0.2) is 0 Å². The van der Waals surface area contributed by atoms with Crippen molar-refractivity contribution < 1.29 is 15.0 Å². The molecule has 0 aromatic heterocycles. The third kappa shape index (κ3) is 3.25. The molecule has 82 valence electrons. The summed E-state index contributed by atoms with van der Waals surface area (Å²) in [4.78, 5) is 10.8. The molecular weight excluding hydrogens is 194 g/mol. The van der Waals surface area contributed by atoms with Crippen LogP contribution in [-0.4, -0.2) is 28.8 Å². The van der Waals surface area contributed by atoms with Gasteiger partial charge >= 0.3 is 5.97 Å². The van der Waals surface area contributed by atoms with E-state index in [0.717, 1.165) is 0 Å². The van der Waals surface area contributed by atoms with Gasteiger partial charge in [0.25, 0.3) is 0 Å². The summed E-state index contributed by atoms with van der Waals surface area (Å²) < 4.78 is 0. The van der Waals surface area contributed by atoms with Gasteiger partial charge in [0.2, 0.25) is 0 Å². The van der Waals surface area contributed by atoms with Crippen LogP contribution in [0, 0.1) is 0 Å². The number of anilines is 1. The van der Waals surface area contributed by atoms with Gasteiger partial charge in [-0.3, -0.25) is 0 Å². The van der Waals surface area contributed by atoms with Gasteiger partial charge in [-0.2, -0.15) is 0 Å². The van der Waals surface area contributed by atoms with E-state index in [4.69, 9.17) is 5.11 Å². The minimum Gasteiger partial charge on any atom is -0.478 e. The fraction of sp³-hybridized carbons (Fsp3) is 0.364. The van der Waals surface area contributed by atoms with Crippen molar-refractivity contribution in [1.29, 1.82) is 0 Å². The molecule has 0 spiro atoms. The van der Waals surface area contributed by atoms with Gasteiger partial charge < -0.3 is 15.5 Å². The first kappa shape index (κ1) is 11.5. The summed E-state index contributed by atoms with van der Waals surface area (Å²) in [5, 5.41) is 21.1. The number of rotatable bonds is 5. The van der Waals surface area contributed by atoms with Crippen LogP contribution in [0.4, 0.5) is 5.69 Å². The molecule has 3 N–H and O–H groups in total. The quantitative estimate of drug-likeness (QED) is 0.688. The highest BCUT2D eigenvalue weighted by atomic mass is 16.4. The Kier molecular flexibility index (Phi) is 4.12. The van der Waals surface area contributed by atoms with Crippen LogP contribution in [-0.2, 0) is 0 Å². The molecule has 0 heterocycles. The summed E-state index contributed by atoms with van der Waals surface area (Å²) in [6.45, 7) is 2.23. The van der Waals surface area contributed by atoms with E-state index in [0.29, 0.717) is 18.7 Å². The SMILES string of the molecule is CCC(O)CNc1ccccc1C(=O)O. The summed E-state index contributed by atoms with van der Waals surface area (Å²) in [6, 6.07) is 6.65. The molecule has 0 aliphatic heterocycles. The van der Waals surface area contributed by atoms with Gasteiger partial charge in [-0.25, -0.2) is 4.79 Å². The van der Waals surface area contributed by atoms with Crippen molar-refractivity contribution in [3.63, 3.8) is 0 Å². The summed E-state index contributed by atoms with van der Waals surface area (Å²) >= 11 is 0. The molecule has 0 bridgehead atoms. The summed E-state index contributed by atoms with van der Waals surface area (Å²) in [7, 11) is 0. The van der Waals surface area contributed by atoms with Crippen molar-refractivity contribution in [2.45, 2.75) is 19.4 Å². The summed E-state index contributed by atoms with van der Waals surface area (Å²) in [6.07, 6.45) is 0.189.